The summed E-state index contributed by atoms with van der Waals surface area (Å²) in [7, 11) is 0. The summed E-state index contributed by atoms with van der Waals surface area (Å²) in [6.45, 7) is 3.25. The van der Waals surface area contributed by atoms with Gasteiger partial charge in [0, 0.05) is 46.5 Å². The van der Waals surface area contributed by atoms with Crippen LogP contribution < -0.4 is 0 Å². The van der Waals surface area contributed by atoms with E-state index in [9.17, 15) is 4.39 Å². The lowest BCUT2D eigenvalue weighted by Crippen LogP contribution is -2.18. The van der Waals surface area contributed by atoms with Crippen molar-refractivity contribution in [2.75, 3.05) is 13.1 Å². The number of nitrogens with zero attached hydrogens (tertiary/aromatic N) is 5. The molecule has 0 amide bonds. The molecule has 178 valence electrons. The predicted octanol–water partition coefficient (Wildman–Crippen LogP) is 6.03. The molecule has 0 spiro atoms. The summed E-state index contributed by atoms with van der Waals surface area (Å²) in [5, 5.41) is 8.41. The largest absolute Gasteiger partial charge is 0.321 e. The molecule has 7 rings (SSSR count). The van der Waals surface area contributed by atoms with E-state index in [0.29, 0.717) is 22.7 Å². The van der Waals surface area contributed by atoms with Gasteiger partial charge < -0.3 is 4.98 Å². The van der Waals surface area contributed by atoms with E-state index < -0.39 is 0 Å². The third-order valence-electron chi connectivity index (χ3n) is 6.74. The van der Waals surface area contributed by atoms with Crippen LogP contribution in [-0.4, -0.2) is 48.1 Å². The number of H-pyrrole nitrogens is 2. The monoisotopic (exact) mass is 495 g/mol. The van der Waals surface area contributed by atoms with Crippen LogP contribution in [0.2, 0.25) is 0 Å². The molecule has 6 heterocycles. The second kappa shape index (κ2) is 8.61. The highest BCUT2D eigenvalue weighted by Gasteiger charge is 2.18. The Morgan fingerprint density at radius 3 is 2.78 bits per heavy atom. The standard InChI is InChI=1S/C27H22FN7S/c28-23-6-5-22(36-23)19-7-8-30-26-24(19)31-27(32-26)25-20-12-17(3-4-21(20)33-34-25)18-11-16(13-29-14-18)15-35-9-1-2-10-35/h3-8,11-14H,1-2,9-10,15H2,(H,33,34)(H,30,31,32). The maximum Gasteiger partial charge on any atom is 0.176 e. The molecule has 1 fully saturated rings. The quantitative estimate of drug-likeness (QED) is 0.305. The summed E-state index contributed by atoms with van der Waals surface area (Å²) in [6.07, 6.45) is 8.13. The van der Waals surface area contributed by atoms with Crippen molar-refractivity contribution in [3.63, 3.8) is 0 Å². The van der Waals surface area contributed by atoms with Gasteiger partial charge in [-0.15, -0.1) is 11.3 Å². The molecular formula is C27H22FN7S. The van der Waals surface area contributed by atoms with Gasteiger partial charge in [0.25, 0.3) is 0 Å². The molecule has 0 unspecified atom stereocenters. The van der Waals surface area contributed by atoms with E-state index in [1.54, 1.807) is 12.3 Å². The molecule has 9 heteroatoms. The van der Waals surface area contributed by atoms with Gasteiger partial charge in [-0.25, -0.2) is 9.97 Å². The normalized spacial score (nSPS) is 14.4. The first-order chi connectivity index (χ1) is 17.7. The van der Waals surface area contributed by atoms with Crippen molar-refractivity contribution in [3.05, 3.63) is 71.7 Å². The maximum atomic E-state index is 13.7. The average Bonchev–Trinajstić information content (AvgIpc) is 3.70. The third kappa shape index (κ3) is 3.77. The van der Waals surface area contributed by atoms with Gasteiger partial charge >= 0.3 is 0 Å². The number of rotatable bonds is 5. The number of hydrogen-bond acceptors (Lipinski definition) is 6. The Morgan fingerprint density at radius 2 is 1.92 bits per heavy atom. The Kier molecular flexibility index (Phi) is 5.11. The maximum absolute atomic E-state index is 13.7. The summed E-state index contributed by atoms with van der Waals surface area (Å²) in [6, 6.07) is 13.6. The van der Waals surface area contributed by atoms with Crippen molar-refractivity contribution in [1.29, 1.82) is 0 Å². The van der Waals surface area contributed by atoms with Gasteiger partial charge in [0.05, 0.1) is 5.52 Å². The van der Waals surface area contributed by atoms with E-state index in [-0.39, 0.29) is 5.13 Å². The van der Waals surface area contributed by atoms with Crippen molar-refractivity contribution in [3.8, 4) is 33.1 Å². The van der Waals surface area contributed by atoms with Crippen LogP contribution in [0.5, 0.6) is 0 Å². The SMILES string of the molecule is Fc1ccc(-c2ccnc3[nH]c(-c4n[nH]c5ccc(-c6cncc(CN7CCCC7)c6)cc45)nc23)s1. The van der Waals surface area contributed by atoms with Crippen LogP contribution >= 0.6 is 11.3 Å². The van der Waals surface area contributed by atoms with Crippen LogP contribution in [0.25, 0.3) is 55.2 Å². The first-order valence-electron chi connectivity index (χ1n) is 12.0. The molecule has 5 aromatic heterocycles. The lowest BCUT2D eigenvalue weighted by Gasteiger charge is -2.14. The van der Waals surface area contributed by atoms with Crippen LogP contribution in [-0.2, 0) is 6.54 Å². The second-order valence-corrected chi connectivity index (χ2v) is 10.2. The van der Waals surface area contributed by atoms with E-state index in [1.165, 1.54) is 24.5 Å². The minimum Gasteiger partial charge on any atom is -0.321 e. The summed E-state index contributed by atoms with van der Waals surface area (Å²) < 4.78 is 13.7. The number of aromatic nitrogens is 6. The molecule has 7 nitrogen and oxygen atoms in total. The summed E-state index contributed by atoms with van der Waals surface area (Å²) in [5.41, 5.74) is 7.20. The summed E-state index contributed by atoms with van der Waals surface area (Å²) >= 11 is 1.10. The molecule has 1 aliphatic heterocycles. The van der Waals surface area contributed by atoms with E-state index in [2.05, 4.69) is 48.2 Å². The number of imidazole rings is 1. The van der Waals surface area contributed by atoms with Gasteiger partial charge in [-0.1, -0.05) is 6.07 Å². The predicted molar refractivity (Wildman–Crippen MR) is 140 cm³/mol. The van der Waals surface area contributed by atoms with Crippen LogP contribution in [0.3, 0.4) is 0 Å². The number of pyridine rings is 2. The highest BCUT2D eigenvalue weighted by atomic mass is 32.1. The summed E-state index contributed by atoms with van der Waals surface area (Å²) in [5.74, 6) is 0.617. The summed E-state index contributed by atoms with van der Waals surface area (Å²) in [4.78, 5) is 20.4. The molecular weight excluding hydrogens is 473 g/mol. The van der Waals surface area contributed by atoms with Gasteiger partial charge in [-0.2, -0.15) is 9.49 Å². The highest BCUT2D eigenvalue weighted by molar-refractivity contribution is 7.14. The first kappa shape index (κ1) is 21.3. The number of likely N-dealkylation sites (tertiary alicyclic amines) is 1. The van der Waals surface area contributed by atoms with Gasteiger partial charge in [-0.3, -0.25) is 15.0 Å². The molecule has 6 aromatic rings. The average molecular weight is 496 g/mol. The van der Waals surface area contributed by atoms with Gasteiger partial charge in [0.15, 0.2) is 16.6 Å². The zero-order chi connectivity index (χ0) is 24.1. The third-order valence-corrected chi connectivity index (χ3v) is 7.65. The van der Waals surface area contributed by atoms with Crippen molar-refractivity contribution in [1.82, 2.24) is 35.0 Å². The van der Waals surface area contributed by atoms with Crippen LogP contribution in [0, 0.1) is 5.13 Å². The molecule has 0 saturated carbocycles. The lowest BCUT2D eigenvalue weighted by molar-refractivity contribution is 0.331. The number of aromatic amines is 2. The number of nitrogens with one attached hydrogen (secondary N) is 2. The molecule has 36 heavy (non-hydrogen) atoms. The fraction of sp³-hybridized carbons (Fsp3) is 0.185. The fourth-order valence-corrected chi connectivity index (χ4v) is 5.74. The fourth-order valence-electron chi connectivity index (χ4n) is 4.99. The van der Waals surface area contributed by atoms with Crippen molar-refractivity contribution in [2.45, 2.75) is 19.4 Å². The minimum atomic E-state index is -0.226. The topological polar surface area (TPSA) is 86.4 Å². The smallest absolute Gasteiger partial charge is 0.176 e. The minimum absolute atomic E-state index is 0.226. The second-order valence-electron chi connectivity index (χ2n) is 9.14. The number of hydrogen-bond donors (Lipinski definition) is 2. The van der Waals surface area contributed by atoms with Gasteiger partial charge in [0.1, 0.15) is 11.2 Å². The van der Waals surface area contributed by atoms with E-state index in [0.717, 1.165) is 63.4 Å². The molecule has 0 aliphatic carbocycles. The van der Waals surface area contributed by atoms with Crippen LogP contribution in [0.15, 0.2) is 61.1 Å². The lowest BCUT2D eigenvalue weighted by atomic mass is 10.0. The molecule has 2 N–H and O–H groups in total. The van der Waals surface area contributed by atoms with Crippen molar-refractivity contribution in [2.24, 2.45) is 0 Å². The van der Waals surface area contributed by atoms with E-state index >= 15 is 0 Å². The number of thiophene rings is 1. The van der Waals surface area contributed by atoms with Crippen molar-refractivity contribution >= 4 is 33.4 Å². The number of fused-ring (bicyclic) bond motifs is 2. The highest BCUT2D eigenvalue weighted by Crippen LogP contribution is 2.34. The Hall–Kier alpha value is -3.95. The molecule has 1 saturated heterocycles. The molecule has 1 aromatic carbocycles. The van der Waals surface area contributed by atoms with Crippen LogP contribution in [0.1, 0.15) is 18.4 Å². The molecule has 0 radical (unpaired) electrons. The molecule has 0 bridgehead atoms. The Balaban J connectivity index is 1.28. The Labute approximate surface area is 210 Å². The molecule has 1 aliphatic rings. The number of benzene rings is 1. The van der Waals surface area contributed by atoms with Crippen LogP contribution in [0.4, 0.5) is 4.39 Å². The van der Waals surface area contributed by atoms with Crippen molar-refractivity contribution < 1.29 is 4.39 Å². The first-order valence-corrected chi connectivity index (χ1v) is 12.8. The van der Waals surface area contributed by atoms with E-state index in [1.807, 2.05) is 24.5 Å². The number of halogens is 1. The zero-order valence-electron chi connectivity index (χ0n) is 19.3. The van der Waals surface area contributed by atoms with E-state index in [4.69, 9.17) is 4.98 Å². The van der Waals surface area contributed by atoms with Gasteiger partial charge in [0.2, 0.25) is 0 Å². The Morgan fingerprint density at radius 1 is 1.00 bits per heavy atom. The molecule has 0 atom stereocenters. The van der Waals surface area contributed by atoms with Gasteiger partial charge in [-0.05, 0) is 73.5 Å². The zero-order valence-corrected chi connectivity index (χ0v) is 20.1. The Bertz CT molecular complexity index is 1710.